The average Bonchev–Trinajstić information content (AvgIpc) is 3.27. The molecule has 7 heteroatoms. The Morgan fingerprint density at radius 1 is 1.43 bits per heavy atom. The number of hydrogen-bond acceptors (Lipinski definition) is 4. The summed E-state index contributed by atoms with van der Waals surface area (Å²) < 4.78 is 0. The first-order chi connectivity index (χ1) is 11.3. The van der Waals surface area contributed by atoms with Crippen molar-refractivity contribution in [1.29, 1.82) is 0 Å². The van der Waals surface area contributed by atoms with Gasteiger partial charge in [0.05, 0.1) is 17.2 Å². The number of hydrogen-bond donors (Lipinski definition) is 3. The molecule has 0 bridgehead atoms. The molecular weight excluding hydrogens is 308 g/mol. The summed E-state index contributed by atoms with van der Waals surface area (Å²) in [7, 11) is 0. The van der Waals surface area contributed by atoms with Gasteiger partial charge >= 0.3 is 0 Å². The van der Waals surface area contributed by atoms with Crippen molar-refractivity contribution in [1.82, 2.24) is 20.8 Å². The van der Waals surface area contributed by atoms with E-state index >= 15 is 0 Å². The summed E-state index contributed by atoms with van der Waals surface area (Å²) in [5.74, 6) is 0.886. The molecule has 0 unspecified atom stereocenters. The highest BCUT2D eigenvalue weighted by Crippen LogP contribution is 2.24. The van der Waals surface area contributed by atoms with Crippen LogP contribution in [0, 0.1) is 0 Å². The van der Waals surface area contributed by atoms with Crippen LogP contribution in [-0.4, -0.2) is 41.8 Å². The van der Waals surface area contributed by atoms with Gasteiger partial charge in [0.1, 0.15) is 0 Å². The van der Waals surface area contributed by atoms with Crippen molar-refractivity contribution < 1.29 is 0 Å². The van der Waals surface area contributed by atoms with Crippen LogP contribution in [-0.2, 0) is 6.54 Å². The van der Waals surface area contributed by atoms with Gasteiger partial charge in [-0.15, -0.1) is 11.3 Å². The summed E-state index contributed by atoms with van der Waals surface area (Å²) in [5.41, 5.74) is 1.02. The molecule has 2 aromatic rings. The van der Waals surface area contributed by atoms with Crippen LogP contribution in [0.4, 0.5) is 5.00 Å². The number of anilines is 1. The van der Waals surface area contributed by atoms with Crippen molar-refractivity contribution >= 4 is 22.3 Å². The lowest BCUT2D eigenvalue weighted by molar-refractivity contribution is 0.463. The summed E-state index contributed by atoms with van der Waals surface area (Å²) in [5, 5.41) is 17.3. The van der Waals surface area contributed by atoms with Gasteiger partial charge in [0.25, 0.3) is 0 Å². The van der Waals surface area contributed by atoms with Gasteiger partial charge in [-0.2, -0.15) is 5.10 Å². The fourth-order valence-electron chi connectivity index (χ4n) is 2.74. The maximum absolute atomic E-state index is 4.63. The van der Waals surface area contributed by atoms with Crippen LogP contribution in [0.2, 0.25) is 0 Å². The number of piperidine rings is 1. The lowest BCUT2D eigenvalue weighted by Crippen LogP contribution is -2.48. The van der Waals surface area contributed by atoms with Gasteiger partial charge in [-0.1, -0.05) is 0 Å². The van der Waals surface area contributed by atoms with Crippen molar-refractivity contribution in [2.45, 2.75) is 32.4 Å². The van der Waals surface area contributed by atoms with Crippen LogP contribution in [0.25, 0.3) is 0 Å². The first-order valence-corrected chi connectivity index (χ1v) is 9.04. The Hall–Kier alpha value is -2.02. The number of H-pyrrole nitrogens is 1. The quantitative estimate of drug-likeness (QED) is 0.580. The van der Waals surface area contributed by atoms with Gasteiger partial charge in [-0.3, -0.25) is 5.10 Å². The normalized spacial score (nSPS) is 16.6. The molecule has 3 rings (SSSR count). The van der Waals surface area contributed by atoms with E-state index < -0.39 is 0 Å². The van der Waals surface area contributed by atoms with Gasteiger partial charge in [0.15, 0.2) is 5.96 Å². The maximum Gasteiger partial charge on any atom is 0.191 e. The smallest absolute Gasteiger partial charge is 0.191 e. The maximum atomic E-state index is 4.63. The zero-order chi connectivity index (χ0) is 15.9. The van der Waals surface area contributed by atoms with E-state index in [1.165, 1.54) is 5.00 Å². The van der Waals surface area contributed by atoms with Crippen molar-refractivity contribution in [3.63, 3.8) is 0 Å². The van der Waals surface area contributed by atoms with Gasteiger partial charge in [-0.05, 0) is 43.3 Å². The van der Waals surface area contributed by atoms with E-state index in [0.29, 0.717) is 12.6 Å². The fraction of sp³-hybridized carbons (Fsp3) is 0.500. The Labute approximate surface area is 141 Å². The molecule has 2 aromatic heterocycles. The van der Waals surface area contributed by atoms with Crippen molar-refractivity contribution in [2.24, 2.45) is 4.99 Å². The minimum absolute atomic E-state index is 0.478. The molecule has 3 heterocycles. The highest BCUT2D eigenvalue weighted by Gasteiger charge is 2.20. The summed E-state index contributed by atoms with van der Waals surface area (Å²) in [6, 6.07) is 6.75. The van der Waals surface area contributed by atoms with Gasteiger partial charge in [0.2, 0.25) is 0 Å². The Morgan fingerprint density at radius 3 is 2.96 bits per heavy atom. The first kappa shape index (κ1) is 15.9. The number of aromatic amines is 1. The van der Waals surface area contributed by atoms with Crippen molar-refractivity contribution in [2.75, 3.05) is 24.5 Å². The highest BCUT2D eigenvalue weighted by atomic mass is 32.1. The highest BCUT2D eigenvalue weighted by molar-refractivity contribution is 7.14. The molecule has 0 amide bonds. The van der Waals surface area contributed by atoms with Crippen LogP contribution in [0.3, 0.4) is 0 Å². The number of aliphatic imine (C=N–C) groups is 1. The number of thiophene rings is 1. The number of nitrogens with one attached hydrogen (secondary N) is 3. The molecule has 1 saturated heterocycles. The summed E-state index contributed by atoms with van der Waals surface area (Å²) in [4.78, 5) is 7.10. The number of nitrogens with zero attached hydrogens (tertiary/aromatic N) is 3. The zero-order valence-corrected chi connectivity index (χ0v) is 14.3. The first-order valence-electron chi connectivity index (χ1n) is 8.16. The van der Waals surface area contributed by atoms with E-state index in [9.17, 15) is 0 Å². The largest absolute Gasteiger partial charge is 0.363 e. The van der Waals surface area contributed by atoms with Crippen molar-refractivity contribution in [3.05, 3.63) is 35.5 Å². The molecule has 0 radical (unpaired) electrons. The minimum atomic E-state index is 0.478. The Bertz CT molecular complexity index is 584. The zero-order valence-electron chi connectivity index (χ0n) is 13.5. The molecule has 0 aromatic carbocycles. The lowest BCUT2D eigenvalue weighted by atomic mass is 10.1. The van der Waals surface area contributed by atoms with Crippen molar-refractivity contribution in [3.8, 4) is 0 Å². The third-order valence-electron chi connectivity index (χ3n) is 3.96. The predicted octanol–water partition coefficient (Wildman–Crippen LogP) is 2.20. The van der Waals surface area contributed by atoms with Crippen LogP contribution >= 0.6 is 11.3 Å². The molecule has 124 valence electrons. The Balaban J connectivity index is 1.51. The second kappa shape index (κ2) is 8.01. The van der Waals surface area contributed by atoms with Gasteiger partial charge < -0.3 is 15.5 Å². The minimum Gasteiger partial charge on any atom is -0.363 e. The molecular formula is C16H24N6S. The van der Waals surface area contributed by atoms with Crippen LogP contribution in [0.5, 0.6) is 0 Å². The molecule has 23 heavy (non-hydrogen) atoms. The topological polar surface area (TPSA) is 68.3 Å². The number of guanidine groups is 1. The van der Waals surface area contributed by atoms with Crippen LogP contribution in [0.1, 0.15) is 25.5 Å². The van der Waals surface area contributed by atoms with E-state index in [2.05, 4.69) is 55.2 Å². The van der Waals surface area contributed by atoms with E-state index in [4.69, 9.17) is 0 Å². The molecule has 0 aliphatic carbocycles. The third-order valence-corrected chi connectivity index (χ3v) is 4.89. The number of aromatic nitrogens is 2. The lowest BCUT2D eigenvalue weighted by Gasteiger charge is -2.33. The molecule has 1 aliphatic rings. The van der Waals surface area contributed by atoms with Crippen LogP contribution in [0.15, 0.2) is 34.8 Å². The summed E-state index contributed by atoms with van der Waals surface area (Å²) >= 11 is 1.82. The molecule has 3 N–H and O–H groups in total. The summed E-state index contributed by atoms with van der Waals surface area (Å²) in [6.07, 6.45) is 4.02. The Kier molecular flexibility index (Phi) is 5.52. The third kappa shape index (κ3) is 4.48. The molecule has 0 spiro atoms. The van der Waals surface area contributed by atoms with E-state index in [1.54, 1.807) is 6.20 Å². The average molecular weight is 332 g/mol. The van der Waals surface area contributed by atoms with E-state index in [1.807, 2.05) is 17.4 Å². The van der Waals surface area contributed by atoms with E-state index in [-0.39, 0.29) is 0 Å². The second-order valence-corrected chi connectivity index (χ2v) is 6.56. The second-order valence-electron chi connectivity index (χ2n) is 5.63. The fourth-order valence-corrected chi connectivity index (χ4v) is 3.53. The molecule has 1 aliphatic heterocycles. The molecule has 0 atom stereocenters. The van der Waals surface area contributed by atoms with Crippen LogP contribution < -0.4 is 15.5 Å². The number of rotatable bonds is 5. The van der Waals surface area contributed by atoms with E-state index in [0.717, 1.165) is 44.1 Å². The Morgan fingerprint density at radius 2 is 2.30 bits per heavy atom. The molecule has 0 saturated carbocycles. The standard InChI is InChI=1S/C16H24N6S/c1-2-17-16(18-12-14-5-8-19-21-14)20-13-6-9-22(10-7-13)15-4-3-11-23-15/h3-5,8,11,13H,2,6-7,9-10,12H2,1H3,(H,19,21)(H2,17,18,20). The van der Waals surface area contributed by atoms with Gasteiger partial charge in [0, 0.05) is 31.9 Å². The summed E-state index contributed by atoms with van der Waals surface area (Å²) in [6.45, 7) is 5.76. The molecule has 1 fully saturated rings. The molecule has 6 nitrogen and oxygen atoms in total. The predicted molar refractivity (Wildman–Crippen MR) is 96.1 cm³/mol. The SMILES string of the molecule is CCNC(=NCc1ccn[nH]1)NC1CCN(c2cccs2)CC1. The van der Waals surface area contributed by atoms with Gasteiger partial charge in [-0.25, -0.2) is 4.99 Å². The monoisotopic (exact) mass is 332 g/mol.